The fraction of sp³-hybridized carbons (Fsp3) is 0.158. The molecule has 6 nitrogen and oxygen atoms in total. The number of rotatable bonds is 3. The van der Waals surface area contributed by atoms with Gasteiger partial charge in [0.2, 0.25) is 5.89 Å². The summed E-state index contributed by atoms with van der Waals surface area (Å²) < 4.78 is 46.0. The van der Waals surface area contributed by atoms with Gasteiger partial charge < -0.3 is 4.42 Å². The maximum absolute atomic E-state index is 13.3. The average molecular weight is 421 g/mol. The lowest BCUT2D eigenvalue weighted by Gasteiger charge is -2.07. The summed E-state index contributed by atoms with van der Waals surface area (Å²) in [5.41, 5.74) is -0.885. The van der Waals surface area contributed by atoms with Crippen LogP contribution in [-0.2, 0) is 12.6 Å². The quantitative estimate of drug-likeness (QED) is 0.481. The van der Waals surface area contributed by atoms with Crippen molar-refractivity contribution in [2.45, 2.75) is 19.5 Å². The van der Waals surface area contributed by atoms with E-state index in [0.717, 1.165) is 16.3 Å². The van der Waals surface area contributed by atoms with Crippen molar-refractivity contribution in [2.75, 3.05) is 0 Å². The van der Waals surface area contributed by atoms with Gasteiger partial charge in [-0.3, -0.25) is 0 Å². The van der Waals surface area contributed by atoms with Crippen molar-refractivity contribution >= 4 is 22.5 Å². The van der Waals surface area contributed by atoms with Crippen LogP contribution in [0.1, 0.15) is 18.2 Å². The first-order chi connectivity index (χ1) is 13.8. The molecular weight excluding hydrogens is 409 g/mol. The topological polar surface area (TPSA) is 73.8 Å². The van der Waals surface area contributed by atoms with Crippen LogP contribution in [0.4, 0.5) is 13.2 Å². The minimum absolute atomic E-state index is 0.0495. The number of hydrogen-bond donors (Lipinski definition) is 0. The highest BCUT2D eigenvalue weighted by Gasteiger charge is 2.36. The largest absolute Gasteiger partial charge is 0.435 e. The number of hydrogen-bond acceptors (Lipinski definition) is 5. The van der Waals surface area contributed by atoms with Crippen molar-refractivity contribution in [2.24, 2.45) is 0 Å². The van der Waals surface area contributed by atoms with E-state index < -0.39 is 17.5 Å². The predicted molar refractivity (Wildman–Crippen MR) is 100 cm³/mol. The first kappa shape index (κ1) is 19.1. The zero-order chi connectivity index (χ0) is 20.8. The fourth-order valence-corrected chi connectivity index (χ4v) is 3.02. The molecular formula is C19H12ClF3N4O2. The van der Waals surface area contributed by atoms with Crippen molar-refractivity contribution < 1.29 is 17.6 Å². The SMILES string of the molecule is CCc1ccc2c(=O)oc(-c3cc(C(F)(F)F)nn3-c3ncccc3Cl)nc2c1. The summed E-state index contributed by atoms with van der Waals surface area (Å²) in [4.78, 5) is 20.6. The molecule has 3 aromatic heterocycles. The summed E-state index contributed by atoms with van der Waals surface area (Å²) in [6.45, 7) is 1.93. The molecule has 0 aliphatic carbocycles. The third-order valence-electron chi connectivity index (χ3n) is 4.26. The van der Waals surface area contributed by atoms with Gasteiger partial charge in [0.05, 0.1) is 15.9 Å². The Hall–Kier alpha value is -3.20. The van der Waals surface area contributed by atoms with Crippen LogP contribution in [0.15, 0.2) is 51.8 Å². The molecule has 0 bridgehead atoms. The van der Waals surface area contributed by atoms with Crippen LogP contribution >= 0.6 is 11.6 Å². The Morgan fingerprint density at radius 2 is 2.00 bits per heavy atom. The molecule has 0 unspecified atom stereocenters. The van der Waals surface area contributed by atoms with Gasteiger partial charge in [0.15, 0.2) is 11.5 Å². The number of aryl methyl sites for hydroxylation is 1. The first-order valence-electron chi connectivity index (χ1n) is 8.50. The highest BCUT2D eigenvalue weighted by atomic mass is 35.5. The van der Waals surface area contributed by atoms with E-state index in [2.05, 4.69) is 15.1 Å². The molecule has 0 aliphatic rings. The molecule has 0 spiro atoms. The molecule has 0 amide bonds. The molecule has 3 heterocycles. The molecule has 0 N–H and O–H groups in total. The standard InChI is InChI=1S/C19H12ClF3N4O2/c1-2-10-5-6-11-13(8-10)25-17(29-18(11)28)14-9-15(19(21,22)23)26-27(14)16-12(20)4-3-7-24-16/h3-9H,2H2,1H3. The average Bonchev–Trinajstić information content (AvgIpc) is 3.13. The summed E-state index contributed by atoms with van der Waals surface area (Å²) in [7, 11) is 0. The highest BCUT2D eigenvalue weighted by Crippen LogP contribution is 2.33. The Morgan fingerprint density at radius 1 is 1.21 bits per heavy atom. The van der Waals surface area contributed by atoms with Crippen LogP contribution in [0.2, 0.25) is 5.02 Å². The second-order valence-electron chi connectivity index (χ2n) is 6.14. The third-order valence-corrected chi connectivity index (χ3v) is 4.56. The molecule has 4 aromatic rings. The van der Waals surface area contributed by atoms with E-state index >= 15 is 0 Å². The summed E-state index contributed by atoms with van der Waals surface area (Å²) in [5.74, 6) is -0.369. The predicted octanol–water partition coefficient (Wildman–Crippen LogP) is 4.67. The summed E-state index contributed by atoms with van der Waals surface area (Å²) in [5, 5.41) is 3.87. The van der Waals surface area contributed by atoms with Crippen LogP contribution in [0.5, 0.6) is 0 Å². The van der Waals surface area contributed by atoms with E-state index in [9.17, 15) is 18.0 Å². The number of nitrogens with zero attached hydrogens (tertiary/aromatic N) is 4. The van der Waals surface area contributed by atoms with Crippen molar-refractivity contribution in [3.05, 3.63) is 69.3 Å². The van der Waals surface area contributed by atoms with Gasteiger partial charge in [-0.1, -0.05) is 24.6 Å². The maximum Gasteiger partial charge on any atom is 0.435 e. The number of halogens is 4. The molecule has 0 atom stereocenters. The lowest BCUT2D eigenvalue weighted by molar-refractivity contribution is -0.141. The number of pyridine rings is 1. The number of benzene rings is 1. The van der Waals surface area contributed by atoms with Crippen LogP contribution in [0.25, 0.3) is 28.3 Å². The molecule has 1 aromatic carbocycles. The summed E-state index contributed by atoms with van der Waals surface area (Å²) >= 11 is 6.09. The lowest BCUT2D eigenvalue weighted by atomic mass is 10.1. The van der Waals surface area contributed by atoms with Gasteiger partial charge in [-0.25, -0.2) is 19.4 Å². The van der Waals surface area contributed by atoms with E-state index in [1.54, 1.807) is 18.2 Å². The zero-order valence-corrected chi connectivity index (χ0v) is 15.6. The van der Waals surface area contributed by atoms with E-state index in [0.29, 0.717) is 11.9 Å². The van der Waals surface area contributed by atoms with E-state index in [-0.39, 0.29) is 27.8 Å². The molecule has 0 fully saturated rings. The Labute approximate surface area is 166 Å². The van der Waals surface area contributed by atoms with Crippen LogP contribution in [0.3, 0.4) is 0 Å². The van der Waals surface area contributed by atoms with Gasteiger partial charge in [0, 0.05) is 12.3 Å². The smallest absolute Gasteiger partial charge is 0.401 e. The van der Waals surface area contributed by atoms with Gasteiger partial charge in [0.1, 0.15) is 5.69 Å². The zero-order valence-electron chi connectivity index (χ0n) is 14.9. The summed E-state index contributed by atoms with van der Waals surface area (Å²) in [6.07, 6.45) is -2.67. The Bertz CT molecular complexity index is 1280. The van der Waals surface area contributed by atoms with Gasteiger partial charge >= 0.3 is 11.8 Å². The van der Waals surface area contributed by atoms with Gasteiger partial charge in [-0.15, -0.1) is 0 Å². The third kappa shape index (κ3) is 3.49. The second-order valence-corrected chi connectivity index (χ2v) is 6.55. The van der Waals surface area contributed by atoms with Crippen molar-refractivity contribution in [3.8, 4) is 17.4 Å². The normalized spacial score (nSPS) is 11.9. The van der Waals surface area contributed by atoms with Crippen molar-refractivity contribution in [3.63, 3.8) is 0 Å². The molecule has 10 heteroatoms. The Balaban J connectivity index is 2.00. The summed E-state index contributed by atoms with van der Waals surface area (Å²) in [6, 6.07) is 8.76. The lowest BCUT2D eigenvalue weighted by Crippen LogP contribution is -2.09. The minimum atomic E-state index is -4.73. The molecule has 29 heavy (non-hydrogen) atoms. The maximum atomic E-state index is 13.3. The van der Waals surface area contributed by atoms with Crippen molar-refractivity contribution in [1.29, 1.82) is 0 Å². The molecule has 0 saturated heterocycles. The fourth-order valence-electron chi connectivity index (χ4n) is 2.81. The minimum Gasteiger partial charge on any atom is -0.401 e. The van der Waals surface area contributed by atoms with Gasteiger partial charge in [0.25, 0.3) is 0 Å². The number of aromatic nitrogens is 4. The van der Waals surface area contributed by atoms with Crippen LogP contribution < -0.4 is 5.63 Å². The van der Waals surface area contributed by atoms with Gasteiger partial charge in [-0.2, -0.15) is 18.3 Å². The molecule has 0 aliphatic heterocycles. The van der Waals surface area contributed by atoms with E-state index in [1.807, 2.05) is 6.92 Å². The van der Waals surface area contributed by atoms with E-state index in [1.165, 1.54) is 18.3 Å². The first-order valence-corrected chi connectivity index (χ1v) is 8.88. The monoisotopic (exact) mass is 420 g/mol. The Kier molecular flexibility index (Phi) is 4.62. The number of alkyl halides is 3. The van der Waals surface area contributed by atoms with Crippen LogP contribution in [-0.4, -0.2) is 19.7 Å². The Morgan fingerprint density at radius 3 is 2.69 bits per heavy atom. The molecule has 4 rings (SSSR count). The van der Waals surface area contributed by atoms with E-state index in [4.69, 9.17) is 16.0 Å². The van der Waals surface area contributed by atoms with Crippen LogP contribution in [0, 0.1) is 0 Å². The van der Waals surface area contributed by atoms with Gasteiger partial charge in [-0.05, 0) is 36.2 Å². The molecule has 0 radical (unpaired) electrons. The molecule has 0 saturated carbocycles. The highest BCUT2D eigenvalue weighted by molar-refractivity contribution is 6.32. The second kappa shape index (κ2) is 7.00. The van der Waals surface area contributed by atoms with Crippen molar-refractivity contribution in [1.82, 2.24) is 19.7 Å². The number of fused-ring (bicyclic) bond motifs is 1. The molecule has 148 valence electrons.